The predicted octanol–water partition coefficient (Wildman–Crippen LogP) is 1.81. The summed E-state index contributed by atoms with van der Waals surface area (Å²) in [6, 6.07) is 2.35. The molecule has 0 saturated carbocycles. The fourth-order valence-electron chi connectivity index (χ4n) is 2.82. The molecule has 1 saturated heterocycles. The lowest BCUT2D eigenvalue weighted by Gasteiger charge is -2.35. The zero-order valence-electron chi connectivity index (χ0n) is 11.9. The largest absolute Gasteiger partial charge is 0.464 e. The summed E-state index contributed by atoms with van der Waals surface area (Å²) in [5.41, 5.74) is 2.66. The van der Waals surface area contributed by atoms with E-state index in [4.69, 9.17) is 10.3 Å². The molecule has 0 aromatic carbocycles. The number of nitrogen functional groups attached to an aromatic ring is 1. The first-order valence-electron chi connectivity index (χ1n) is 6.85. The molecule has 2 atom stereocenters. The van der Waals surface area contributed by atoms with E-state index < -0.39 is 0 Å². The number of nitrogens with two attached hydrogens (primary N) is 1. The van der Waals surface area contributed by atoms with Gasteiger partial charge in [-0.2, -0.15) is 0 Å². The molecular formula is C14H23N3O2. The van der Waals surface area contributed by atoms with Gasteiger partial charge in [-0.05, 0) is 45.2 Å². The van der Waals surface area contributed by atoms with Crippen molar-refractivity contribution in [3.8, 4) is 0 Å². The molecule has 19 heavy (non-hydrogen) atoms. The second-order valence-corrected chi connectivity index (χ2v) is 5.61. The van der Waals surface area contributed by atoms with Crippen molar-refractivity contribution in [1.29, 1.82) is 0 Å². The molecule has 0 bridgehead atoms. The number of carbonyl (C=O) groups is 1. The molecule has 1 amide bonds. The Hall–Kier alpha value is -1.33. The number of furan rings is 1. The Labute approximate surface area is 114 Å². The Morgan fingerprint density at radius 1 is 1.58 bits per heavy atom. The molecule has 5 heteroatoms. The van der Waals surface area contributed by atoms with Crippen LogP contribution in [-0.2, 0) is 6.54 Å². The van der Waals surface area contributed by atoms with Crippen LogP contribution < -0.4 is 11.3 Å². The smallest absolute Gasteiger partial charge is 0.268 e. The number of hydrazine groups is 1. The molecule has 3 N–H and O–H groups in total. The molecule has 106 valence electrons. The van der Waals surface area contributed by atoms with Crippen molar-refractivity contribution in [3.63, 3.8) is 0 Å². The van der Waals surface area contributed by atoms with Crippen molar-refractivity contribution in [1.82, 2.24) is 10.3 Å². The maximum absolute atomic E-state index is 11.5. The van der Waals surface area contributed by atoms with E-state index in [1.54, 1.807) is 13.0 Å². The Morgan fingerprint density at radius 3 is 2.95 bits per heavy atom. The minimum Gasteiger partial charge on any atom is -0.464 e. The van der Waals surface area contributed by atoms with Crippen LogP contribution in [0.4, 0.5) is 0 Å². The van der Waals surface area contributed by atoms with E-state index in [1.807, 2.05) is 0 Å². The summed E-state index contributed by atoms with van der Waals surface area (Å²) in [6.45, 7) is 8.18. The average Bonchev–Trinajstić information content (AvgIpc) is 2.73. The molecule has 1 aliphatic rings. The zero-order valence-corrected chi connectivity index (χ0v) is 11.9. The normalized spacial score (nSPS) is 24.4. The molecule has 1 aliphatic heterocycles. The third-order valence-corrected chi connectivity index (χ3v) is 3.98. The highest BCUT2D eigenvalue weighted by Crippen LogP contribution is 2.25. The summed E-state index contributed by atoms with van der Waals surface area (Å²) in [7, 11) is 0. The van der Waals surface area contributed by atoms with Gasteiger partial charge in [-0.25, -0.2) is 5.84 Å². The maximum atomic E-state index is 11.5. The minimum atomic E-state index is -0.298. The van der Waals surface area contributed by atoms with E-state index in [1.165, 1.54) is 12.8 Å². The van der Waals surface area contributed by atoms with Gasteiger partial charge in [0, 0.05) is 6.04 Å². The highest BCUT2D eigenvalue weighted by molar-refractivity contribution is 5.94. The molecule has 1 aromatic rings. The Balaban J connectivity index is 2.05. The maximum Gasteiger partial charge on any atom is 0.268 e. The molecule has 5 nitrogen and oxygen atoms in total. The van der Waals surface area contributed by atoms with Gasteiger partial charge >= 0.3 is 0 Å². The fraction of sp³-hybridized carbons (Fsp3) is 0.643. The van der Waals surface area contributed by atoms with Crippen molar-refractivity contribution in [2.45, 2.75) is 46.2 Å². The van der Waals surface area contributed by atoms with Gasteiger partial charge in [0.05, 0.1) is 12.1 Å². The molecule has 0 radical (unpaired) electrons. The number of nitrogens with zero attached hydrogens (tertiary/aromatic N) is 1. The third-order valence-electron chi connectivity index (χ3n) is 3.98. The second-order valence-electron chi connectivity index (χ2n) is 5.61. The number of aryl methyl sites for hydroxylation is 1. The van der Waals surface area contributed by atoms with Crippen molar-refractivity contribution in [3.05, 3.63) is 23.2 Å². The summed E-state index contributed by atoms with van der Waals surface area (Å²) in [5, 5.41) is 0. The first-order valence-corrected chi connectivity index (χ1v) is 6.85. The lowest BCUT2D eigenvalue weighted by molar-refractivity contribution is 0.0952. The summed E-state index contributed by atoms with van der Waals surface area (Å²) in [6.07, 6.45) is 2.44. The number of rotatable bonds is 3. The number of hydrogen-bond acceptors (Lipinski definition) is 4. The van der Waals surface area contributed by atoms with Crippen LogP contribution in [0.1, 0.15) is 48.6 Å². The lowest BCUT2D eigenvalue weighted by atomic mass is 9.93. The van der Waals surface area contributed by atoms with E-state index in [-0.39, 0.29) is 5.91 Å². The molecule has 1 fully saturated rings. The van der Waals surface area contributed by atoms with Gasteiger partial charge in [-0.15, -0.1) is 0 Å². The van der Waals surface area contributed by atoms with Gasteiger partial charge in [0.1, 0.15) is 11.5 Å². The number of carbonyl (C=O) groups excluding carboxylic acids is 1. The monoisotopic (exact) mass is 265 g/mol. The summed E-state index contributed by atoms with van der Waals surface area (Å²) in [5.74, 6) is 7.10. The SMILES string of the molecule is Cc1oc(CN2CCC(C)CC2C)cc1C(=O)NN. The van der Waals surface area contributed by atoms with Crippen LogP contribution in [0.5, 0.6) is 0 Å². The van der Waals surface area contributed by atoms with Gasteiger partial charge < -0.3 is 4.42 Å². The standard InChI is InChI=1S/C14H23N3O2/c1-9-4-5-17(10(2)6-9)8-12-7-13(11(3)19-12)14(18)16-15/h7,9-10H,4-6,8,15H2,1-3H3,(H,16,18). The molecule has 2 unspecified atom stereocenters. The Morgan fingerprint density at radius 2 is 2.32 bits per heavy atom. The van der Waals surface area contributed by atoms with Gasteiger partial charge in [-0.3, -0.25) is 15.1 Å². The Bertz CT molecular complexity index is 456. The highest BCUT2D eigenvalue weighted by Gasteiger charge is 2.24. The van der Waals surface area contributed by atoms with Crippen LogP contribution in [0.25, 0.3) is 0 Å². The van der Waals surface area contributed by atoms with E-state index >= 15 is 0 Å². The number of amides is 1. The van der Waals surface area contributed by atoms with E-state index in [0.717, 1.165) is 24.8 Å². The van der Waals surface area contributed by atoms with Crippen molar-refractivity contribution < 1.29 is 9.21 Å². The number of nitrogens with one attached hydrogen (secondary N) is 1. The van der Waals surface area contributed by atoms with Crippen LogP contribution in [0.2, 0.25) is 0 Å². The molecule has 1 aromatic heterocycles. The van der Waals surface area contributed by atoms with E-state index in [2.05, 4.69) is 24.2 Å². The number of hydrogen-bond donors (Lipinski definition) is 2. The minimum absolute atomic E-state index is 0.298. The van der Waals surface area contributed by atoms with Crippen LogP contribution in [-0.4, -0.2) is 23.4 Å². The molecule has 2 heterocycles. The predicted molar refractivity (Wildman–Crippen MR) is 73.4 cm³/mol. The summed E-state index contributed by atoms with van der Waals surface area (Å²) in [4.78, 5) is 13.9. The molecule has 0 spiro atoms. The topological polar surface area (TPSA) is 71.5 Å². The third kappa shape index (κ3) is 3.16. The number of piperidine rings is 1. The van der Waals surface area contributed by atoms with Crippen LogP contribution in [0.3, 0.4) is 0 Å². The van der Waals surface area contributed by atoms with Crippen LogP contribution in [0, 0.1) is 12.8 Å². The van der Waals surface area contributed by atoms with Crippen LogP contribution in [0.15, 0.2) is 10.5 Å². The average molecular weight is 265 g/mol. The second kappa shape index (κ2) is 5.75. The van der Waals surface area contributed by atoms with Crippen molar-refractivity contribution in [2.24, 2.45) is 11.8 Å². The van der Waals surface area contributed by atoms with Crippen molar-refractivity contribution in [2.75, 3.05) is 6.54 Å². The molecule has 0 aliphatic carbocycles. The van der Waals surface area contributed by atoms with Crippen molar-refractivity contribution >= 4 is 5.91 Å². The summed E-state index contributed by atoms with van der Waals surface area (Å²) >= 11 is 0. The van der Waals surface area contributed by atoms with Gasteiger partial charge in [0.15, 0.2) is 0 Å². The first kappa shape index (κ1) is 14.1. The van der Waals surface area contributed by atoms with Gasteiger partial charge in [0.25, 0.3) is 5.91 Å². The van der Waals surface area contributed by atoms with E-state index in [0.29, 0.717) is 17.4 Å². The molecular weight excluding hydrogens is 242 g/mol. The number of likely N-dealkylation sites (tertiary alicyclic amines) is 1. The Kier molecular flexibility index (Phi) is 4.27. The van der Waals surface area contributed by atoms with Crippen LogP contribution >= 0.6 is 0 Å². The highest BCUT2D eigenvalue weighted by atomic mass is 16.3. The first-order chi connectivity index (χ1) is 9.01. The summed E-state index contributed by atoms with van der Waals surface area (Å²) < 4.78 is 5.66. The van der Waals surface area contributed by atoms with E-state index in [9.17, 15) is 4.79 Å². The fourth-order valence-corrected chi connectivity index (χ4v) is 2.82. The lowest BCUT2D eigenvalue weighted by Crippen LogP contribution is -2.39. The zero-order chi connectivity index (χ0) is 14.0. The molecule has 2 rings (SSSR count). The quantitative estimate of drug-likeness (QED) is 0.497. The van der Waals surface area contributed by atoms with Gasteiger partial charge in [-0.1, -0.05) is 6.92 Å². The van der Waals surface area contributed by atoms with Gasteiger partial charge in [0.2, 0.25) is 0 Å².